The Morgan fingerprint density at radius 3 is 2.64 bits per heavy atom. The average molecular weight is 174 g/mol. The summed E-state index contributed by atoms with van der Waals surface area (Å²) in [5, 5.41) is 0. The Hall–Kier alpha value is 0.137. The molecule has 1 unspecified atom stereocenters. The van der Waals surface area contributed by atoms with E-state index in [1.54, 1.807) is 0 Å². The summed E-state index contributed by atoms with van der Waals surface area (Å²) < 4.78 is 10.2. The largest absolute Gasteiger partial charge is 0.428 e. The van der Waals surface area contributed by atoms with Crippen molar-refractivity contribution in [1.29, 1.82) is 0 Å². The van der Waals surface area contributed by atoms with Crippen molar-refractivity contribution in [2.45, 2.75) is 38.2 Å². The monoisotopic (exact) mass is 174 g/mol. The van der Waals surface area contributed by atoms with Crippen LogP contribution < -0.4 is 0 Å². The molecule has 66 valence electrons. The van der Waals surface area contributed by atoms with Crippen molar-refractivity contribution in [3.05, 3.63) is 0 Å². The molecule has 3 heteroatoms. The van der Waals surface area contributed by atoms with E-state index in [-0.39, 0.29) is 0 Å². The summed E-state index contributed by atoms with van der Waals surface area (Å²) in [5.74, 6) is 0. The van der Waals surface area contributed by atoms with Gasteiger partial charge in [0, 0.05) is 6.61 Å². The zero-order chi connectivity index (χ0) is 7.94. The highest BCUT2D eigenvalue weighted by Crippen LogP contribution is 2.17. The average Bonchev–Trinajstić information content (AvgIpc) is 2.80. The number of ether oxygens (including phenoxy) is 1. The molecule has 0 spiro atoms. The lowest BCUT2D eigenvalue weighted by molar-refractivity contribution is 0.330. The van der Waals surface area contributed by atoms with Crippen molar-refractivity contribution in [3.63, 3.8) is 0 Å². The van der Waals surface area contributed by atoms with E-state index in [4.69, 9.17) is 9.16 Å². The molecule has 0 aromatic rings. The van der Waals surface area contributed by atoms with Crippen molar-refractivity contribution in [2.24, 2.45) is 0 Å². The minimum Gasteiger partial charge on any atom is -0.428 e. The molecule has 1 saturated heterocycles. The second-order valence-corrected chi connectivity index (χ2v) is 3.73. The van der Waals surface area contributed by atoms with Crippen LogP contribution in [0.15, 0.2) is 0 Å². The Balaban J connectivity index is 1.66. The molecule has 1 aliphatic rings. The van der Waals surface area contributed by atoms with E-state index in [2.05, 4.69) is 0 Å². The van der Waals surface area contributed by atoms with Crippen LogP contribution in [0.1, 0.15) is 32.1 Å². The van der Waals surface area contributed by atoms with Crippen LogP contribution >= 0.6 is 0 Å². The third kappa shape index (κ3) is 5.41. The third-order valence-electron chi connectivity index (χ3n) is 2.03. The van der Waals surface area contributed by atoms with Gasteiger partial charge in [-0.15, -0.1) is 0 Å². The second kappa shape index (κ2) is 5.74. The Morgan fingerprint density at radius 1 is 1.27 bits per heavy atom. The molecule has 0 bridgehead atoms. The minimum absolute atomic E-state index is 0.629. The fraction of sp³-hybridized carbons (Fsp3) is 1.00. The van der Waals surface area contributed by atoms with Gasteiger partial charge in [0.2, 0.25) is 0 Å². The van der Waals surface area contributed by atoms with E-state index in [0.717, 1.165) is 23.7 Å². The number of epoxide rings is 1. The maximum Gasteiger partial charge on any atom is 0.145 e. The van der Waals surface area contributed by atoms with E-state index in [1.165, 1.54) is 32.1 Å². The Kier molecular flexibility index (Phi) is 4.82. The van der Waals surface area contributed by atoms with Gasteiger partial charge in [0.05, 0.1) is 12.7 Å². The summed E-state index contributed by atoms with van der Waals surface area (Å²) in [6.45, 7) is 2.00. The van der Waals surface area contributed by atoms with Crippen LogP contribution in [0.5, 0.6) is 0 Å². The van der Waals surface area contributed by atoms with Crippen molar-refractivity contribution in [2.75, 3.05) is 13.2 Å². The fourth-order valence-electron chi connectivity index (χ4n) is 1.21. The zero-order valence-corrected chi connectivity index (χ0v) is 9.34. The summed E-state index contributed by atoms with van der Waals surface area (Å²) in [6, 6.07) is 0. The van der Waals surface area contributed by atoms with Gasteiger partial charge >= 0.3 is 0 Å². The highest BCUT2D eigenvalue weighted by molar-refractivity contribution is 5.97. The lowest BCUT2D eigenvalue weighted by Crippen LogP contribution is -1.90. The molecule has 1 atom stereocenters. The topological polar surface area (TPSA) is 21.8 Å². The number of hydrogen-bond donors (Lipinski definition) is 0. The summed E-state index contributed by atoms with van der Waals surface area (Å²) in [7, 11) is 0.895. The molecule has 0 aromatic carbocycles. The van der Waals surface area contributed by atoms with Crippen LogP contribution in [0.4, 0.5) is 0 Å². The first-order valence-electron chi connectivity index (χ1n) is 4.54. The summed E-state index contributed by atoms with van der Waals surface area (Å²) >= 11 is 0. The number of unbranched alkanes of at least 4 members (excludes halogenated alkanes) is 3. The maximum atomic E-state index is 5.12. The molecule has 0 N–H and O–H groups in total. The first kappa shape index (κ1) is 9.23. The van der Waals surface area contributed by atoms with Gasteiger partial charge < -0.3 is 9.16 Å². The fourth-order valence-corrected chi connectivity index (χ4v) is 1.50. The van der Waals surface area contributed by atoms with Crippen molar-refractivity contribution in [3.8, 4) is 0 Å². The molecule has 1 rings (SSSR count). The Morgan fingerprint density at radius 2 is 2.00 bits per heavy atom. The predicted molar refractivity (Wildman–Crippen MR) is 48.7 cm³/mol. The Bertz CT molecular complexity index is 94.1. The van der Waals surface area contributed by atoms with Crippen LogP contribution in [0.25, 0.3) is 0 Å². The molecule has 1 aliphatic heterocycles. The standard InChI is InChI=1S/C8H18O2Si/c11-10-6-4-2-1-3-5-8-7-9-8/h8H,1-7H2,11H3. The predicted octanol–water partition coefficient (Wildman–Crippen LogP) is 0.633. The molecule has 0 aliphatic carbocycles. The molecule has 1 heterocycles. The van der Waals surface area contributed by atoms with Crippen molar-refractivity contribution >= 4 is 10.5 Å². The quantitative estimate of drug-likeness (QED) is 0.321. The maximum absolute atomic E-state index is 5.12. The normalized spacial score (nSPS) is 22.4. The van der Waals surface area contributed by atoms with Crippen LogP contribution in [0, 0.1) is 0 Å². The van der Waals surface area contributed by atoms with Crippen LogP contribution in [0.3, 0.4) is 0 Å². The lowest BCUT2D eigenvalue weighted by Gasteiger charge is -1.98. The van der Waals surface area contributed by atoms with E-state index in [1.807, 2.05) is 0 Å². The lowest BCUT2D eigenvalue weighted by atomic mass is 10.1. The number of rotatable bonds is 7. The molecule has 1 fully saturated rings. The summed E-state index contributed by atoms with van der Waals surface area (Å²) in [4.78, 5) is 0. The van der Waals surface area contributed by atoms with Crippen LogP contribution in [0.2, 0.25) is 0 Å². The van der Waals surface area contributed by atoms with Gasteiger partial charge in [-0.1, -0.05) is 19.3 Å². The summed E-state index contributed by atoms with van der Waals surface area (Å²) in [5.41, 5.74) is 0. The highest BCUT2D eigenvalue weighted by Gasteiger charge is 2.20. The first-order valence-corrected chi connectivity index (χ1v) is 5.35. The third-order valence-corrected chi connectivity index (χ3v) is 2.44. The van der Waals surface area contributed by atoms with Crippen LogP contribution in [-0.4, -0.2) is 29.8 Å². The minimum atomic E-state index is 0.629. The van der Waals surface area contributed by atoms with E-state index >= 15 is 0 Å². The van der Waals surface area contributed by atoms with Gasteiger partial charge in [0.25, 0.3) is 0 Å². The van der Waals surface area contributed by atoms with E-state index in [9.17, 15) is 0 Å². The molecule has 0 saturated carbocycles. The molecule has 0 amide bonds. The Labute approximate surface area is 71.8 Å². The van der Waals surface area contributed by atoms with E-state index in [0.29, 0.717) is 6.10 Å². The molecule has 2 nitrogen and oxygen atoms in total. The molecule has 0 radical (unpaired) electrons. The van der Waals surface area contributed by atoms with Gasteiger partial charge in [-0.05, 0) is 12.8 Å². The van der Waals surface area contributed by atoms with Crippen molar-refractivity contribution < 1.29 is 9.16 Å². The summed E-state index contributed by atoms with van der Waals surface area (Å²) in [6.07, 6.45) is 7.17. The molecule has 0 aromatic heterocycles. The van der Waals surface area contributed by atoms with Gasteiger partial charge in [-0.25, -0.2) is 0 Å². The van der Waals surface area contributed by atoms with E-state index < -0.39 is 0 Å². The smallest absolute Gasteiger partial charge is 0.145 e. The molecular formula is C8H18O2Si. The van der Waals surface area contributed by atoms with Gasteiger partial charge in [0.15, 0.2) is 0 Å². The SMILES string of the molecule is [SiH3]OCCCCCCC1CO1. The van der Waals surface area contributed by atoms with Crippen molar-refractivity contribution in [1.82, 2.24) is 0 Å². The van der Waals surface area contributed by atoms with Gasteiger partial charge in [-0.2, -0.15) is 0 Å². The molecule has 11 heavy (non-hydrogen) atoms. The number of hydrogen-bond acceptors (Lipinski definition) is 2. The highest BCUT2D eigenvalue weighted by atomic mass is 28.2. The van der Waals surface area contributed by atoms with Gasteiger partial charge in [-0.3, -0.25) is 0 Å². The molecular weight excluding hydrogens is 156 g/mol. The van der Waals surface area contributed by atoms with Crippen LogP contribution in [-0.2, 0) is 9.16 Å². The first-order chi connectivity index (χ1) is 5.43. The van der Waals surface area contributed by atoms with Gasteiger partial charge in [0.1, 0.15) is 10.5 Å². The second-order valence-electron chi connectivity index (χ2n) is 3.15. The zero-order valence-electron chi connectivity index (χ0n) is 7.34.